The van der Waals surface area contributed by atoms with Crippen LogP contribution in [0.3, 0.4) is 0 Å². The fourth-order valence-corrected chi connectivity index (χ4v) is 2.76. The molecule has 2 rings (SSSR count). The second kappa shape index (κ2) is 5.07. The second-order valence-electron chi connectivity index (χ2n) is 3.69. The van der Waals surface area contributed by atoms with Crippen LogP contribution in [0.2, 0.25) is 0 Å². The number of benzene rings is 1. The Morgan fingerprint density at radius 2 is 1.67 bits per heavy atom. The highest BCUT2D eigenvalue weighted by molar-refractivity contribution is 7.86. The zero-order valence-electron chi connectivity index (χ0n) is 9.87. The van der Waals surface area contributed by atoms with Gasteiger partial charge in [0.05, 0.1) is 4.90 Å². The zero-order valence-corrected chi connectivity index (χ0v) is 11.5. The SMILES string of the molecule is O=S(=O)(O)c1ccc(-c2ncnc(F)n2)c(S(=O)(=O)O)c1. The van der Waals surface area contributed by atoms with Gasteiger partial charge in [-0.15, -0.1) is 0 Å². The summed E-state index contributed by atoms with van der Waals surface area (Å²) < 4.78 is 75.5. The van der Waals surface area contributed by atoms with Gasteiger partial charge in [-0.05, 0) is 18.2 Å². The van der Waals surface area contributed by atoms with E-state index in [9.17, 15) is 21.2 Å². The third kappa shape index (κ3) is 3.36. The summed E-state index contributed by atoms with van der Waals surface area (Å²) in [6, 6.07) is 2.25. The number of hydrogen-bond donors (Lipinski definition) is 2. The van der Waals surface area contributed by atoms with Crippen molar-refractivity contribution in [3.05, 3.63) is 30.6 Å². The number of hydrogen-bond acceptors (Lipinski definition) is 7. The molecule has 0 amide bonds. The molecule has 0 atom stereocenters. The highest BCUT2D eigenvalue weighted by atomic mass is 32.2. The molecule has 0 aliphatic heterocycles. The maximum atomic E-state index is 12.9. The van der Waals surface area contributed by atoms with Crippen LogP contribution in [-0.2, 0) is 20.2 Å². The zero-order chi connectivity index (χ0) is 15.8. The van der Waals surface area contributed by atoms with Crippen molar-refractivity contribution < 1.29 is 30.3 Å². The van der Waals surface area contributed by atoms with E-state index in [4.69, 9.17) is 9.11 Å². The van der Waals surface area contributed by atoms with Crippen LogP contribution in [0, 0.1) is 6.08 Å². The Morgan fingerprint density at radius 1 is 1.00 bits per heavy atom. The Morgan fingerprint density at radius 3 is 2.19 bits per heavy atom. The molecule has 112 valence electrons. The van der Waals surface area contributed by atoms with E-state index in [1.54, 1.807) is 0 Å². The quantitative estimate of drug-likeness (QED) is 0.749. The standard InChI is InChI=1S/C9H6FN3O6S2/c10-9-12-4-11-8(13-9)6-2-1-5(20(14,15)16)3-7(6)21(17,18)19/h1-4H,(H,14,15,16)(H,17,18,19). The van der Waals surface area contributed by atoms with Gasteiger partial charge in [0.1, 0.15) is 11.2 Å². The lowest BCUT2D eigenvalue weighted by atomic mass is 10.2. The number of rotatable bonds is 3. The summed E-state index contributed by atoms with van der Waals surface area (Å²) in [5.41, 5.74) is -0.355. The van der Waals surface area contributed by atoms with Crippen LogP contribution in [0.1, 0.15) is 0 Å². The molecule has 1 aromatic heterocycles. The normalized spacial score (nSPS) is 12.3. The van der Waals surface area contributed by atoms with Gasteiger partial charge < -0.3 is 0 Å². The Hall–Kier alpha value is -2.02. The van der Waals surface area contributed by atoms with Crippen LogP contribution in [0.15, 0.2) is 34.3 Å². The van der Waals surface area contributed by atoms with E-state index < -0.39 is 41.9 Å². The van der Waals surface area contributed by atoms with Crippen molar-refractivity contribution in [2.75, 3.05) is 0 Å². The molecule has 2 N–H and O–H groups in total. The van der Waals surface area contributed by atoms with Crippen molar-refractivity contribution in [3.8, 4) is 11.4 Å². The van der Waals surface area contributed by atoms with Gasteiger partial charge in [0, 0.05) is 5.56 Å². The maximum absolute atomic E-state index is 12.9. The summed E-state index contributed by atoms with van der Waals surface area (Å²) in [6.45, 7) is 0. The minimum absolute atomic E-state index is 0.355. The van der Waals surface area contributed by atoms with E-state index in [0.717, 1.165) is 18.5 Å². The Labute approximate surface area is 118 Å². The highest BCUT2D eigenvalue weighted by Gasteiger charge is 2.22. The molecule has 2 aromatic rings. The molecule has 0 spiro atoms. The van der Waals surface area contributed by atoms with Crippen LogP contribution in [0.4, 0.5) is 4.39 Å². The monoisotopic (exact) mass is 335 g/mol. The Kier molecular flexibility index (Phi) is 3.71. The first-order valence-corrected chi connectivity index (χ1v) is 7.91. The van der Waals surface area contributed by atoms with E-state index in [1.807, 2.05) is 0 Å². The second-order valence-corrected chi connectivity index (χ2v) is 6.50. The van der Waals surface area contributed by atoms with Gasteiger partial charge in [-0.3, -0.25) is 9.11 Å². The first kappa shape index (κ1) is 15.4. The van der Waals surface area contributed by atoms with Crippen LogP contribution >= 0.6 is 0 Å². The number of halogens is 1. The Bertz CT molecular complexity index is 913. The molecular formula is C9H6FN3O6S2. The average Bonchev–Trinajstić information content (AvgIpc) is 2.36. The molecule has 0 aliphatic rings. The van der Waals surface area contributed by atoms with Crippen molar-refractivity contribution in [1.82, 2.24) is 15.0 Å². The molecule has 1 heterocycles. The van der Waals surface area contributed by atoms with Gasteiger partial charge >= 0.3 is 6.08 Å². The van der Waals surface area contributed by atoms with Crippen molar-refractivity contribution in [1.29, 1.82) is 0 Å². The molecule has 0 saturated heterocycles. The van der Waals surface area contributed by atoms with E-state index in [0.29, 0.717) is 6.07 Å². The summed E-state index contributed by atoms with van der Waals surface area (Å²) in [7, 11) is -9.57. The summed E-state index contributed by atoms with van der Waals surface area (Å²) >= 11 is 0. The first-order chi connectivity index (χ1) is 9.59. The maximum Gasteiger partial charge on any atom is 0.312 e. The minimum Gasteiger partial charge on any atom is -0.282 e. The third-order valence-corrected chi connectivity index (χ3v) is 4.06. The molecule has 0 saturated carbocycles. The van der Waals surface area contributed by atoms with Gasteiger partial charge in [0.25, 0.3) is 20.2 Å². The van der Waals surface area contributed by atoms with Crippen LogP contribution in [0.5, 0.6) is 0 Å². The molecule has 0 unspecified atom stereocenters. The van der Waals surface area contributed by atoms with E-state index in [1.165, 1.54) is 0 Å². The lowest BCUT2D eigenvalue weighted by Gasteiger charge is -2.07. The predicted octanol–water partition coefficient (Wildman–Crippen LogP) is 0.171. The van der Waals surface area contributed by atoms with Crippen molar-refractivity contribution >= 4 is 20.2 Å². The molecule has 21 heavy (non-hydrogen) atoms. The Balaban J connectivity index is 2.79. The highest BCUT2D eigenvalue weighted by Crippen LogP contribution is 2.27. The largest absolute Gasteiger partial charge is 0.312 e. The summed E-state index contributed by atoms with van der Waals surface area (Å²) in [5, 5.41) is 0. The number of nitrogens with zero attached hydrogens (tertiary/aromatic N) is 3. The summed E-state index contributed by atoms with van der Waals surface area (Å²) in [5.74, 6) is -0.433. The van der Waals surface area contributed by atoms with Gasteiger partial charge in [-0.1, -0.05) is 0 Å². The topological polar surface area (TPSA) is 147 Å². The lowest BCUT2D eigenvalue weighted by molar-refractivity contribution is 0.481. The van der Waals surface area contributed by atoms with Crippen molar-refractivity contribution in [2.24, 2.45) is 0 Å². The molecule has 0 bridgehead atoms. The van der Waals surface area contributed by atoms with E-state index >= 15 is 0 Å². The van der Waals surface area contributed by atoms with Crippen molar-refractivity contribution in [2.45, 2.75) is 9.79 Å². The lowest BCUT2D eigenvalue weighted by Crippen LogP contribution is -2.07. The first-order valence-electron chi connectivity index (χ1n) is 5.03. The van der Waals surface area contributed by atoms with Gasteiger partial charge in [-0.2, -0.15) is 31.2 Å². The summed E-state index contributed by atoms with van der Waals surface area (Å²) in [6.07, 6.45) is -0.428. The van der Waals surface area contributed by atoms with Gasteiger partial charge in [-0.25, -0.2) is 4.98 Å². The number of aromatic nitrogens is 3. The third-order valence-electron chi connectivity index (χ3n) is 2.31. The summed E-state index contributed by atoms with van der Waals surface area (Å²) in [4.78, 5) is 8.17. The molecule has 0 radical (unpaired) electrons. The van der Waals surface area contributed by atoms with E-state index in [-0.39, 0.29) is 5.56 Å². The molecular weight excluding hydrogens is 329 g/mol. The molecule has 12 heteroatoms. The minimum atomic E-state index is -4.88. The smallest absolute Gasteiger partial charge is 0.282 e. The molecule has 1 aromatic carbocycles. The molecule has 0 aliphatic carbocycles. The van der Waals surface area contributed by atoms with E-state index in [2.05, 4.69) is 15.0 Å². The fraction of sp³-hybridized carbons (Fsp3) is 0. The average molecular weight is 335 g/mol. The van der Waals surface area contributed by atoms with Crippen molar-refractivity contribution in [3.63, 3.8) is 0 Å². The fourth-order valence-electron chi connectivity index (χ4n) is 1.47. The van der Waals surface area contributed by atoms with Gasteiger partial charge in [0.15, 0.2) is 5.82 Å². The molecule has 0 fully saturated rings. The van der Waals surface area contributed by atoms with Crippen LogP contribution in [-0.4, -0.2) is 40.9 Å². The predicted molar refractivity (Wildman–Crippen MR) is 64.9 cm³/mol. The van der Waals surface area contributed by atoms with Crippen LogP contribution < -0.4 is 0 Å². The van der Waals surface area contributed by atoms with Gasteiger partial charge in [0.2, 0.25) is 0 Å². The molecule has 9 nitrogen and oxygen atoms in total. The van der Waals surface area contributed by atoms with Crippen LogP contribution in [0.25, 0.3) is 11.4 Å².